The van der Waals surface area contributed by atoms with Gasteiger partial charge in [0.15, 0.2) is 0 Å². The van der Waals surface area contributed by atoms with Crippen molar-refractivity contribution in [3.8, 4) is 0 Å². The van der Waals surface area contributed by atoms with E-state index in [9.17, 15) is 9.59 Å². The highest BCUT2D eigenvalue weighted by Crippen LogP contribution is 2.19. The topological polar surface area (TPSA) is 64.7 Å². The average molecular weight is 344 g/mol. The Morgan fingerprint density at radius 1 is 1.16 bits per heavy atom. The first-order chi connectivity index (χ1) is 12.0. The number of rotatable bonds is 7. The zero-order chi connectivity index (χ0) is 18.2. The summed E-state index contributed by atoms with van der Waals surface area (Å²) in [4.78, 5) is 28.1. The summed E-state index contributed by atoms with van der Waals surface area (Å²) in [7, 11) is 0. The first-order valence-electron chi connectivity index (χ1n) is 8.69. The third kappa shape index (κ3) is 5.60. The smallest absolute Gasteiger partial charge is 0.241 e. The van der Waals surface area contributed by atoms with Gasteiger partial charge < -0.3 is 15.5 Å². The minimum Gasteiger partial charge on any atom is -0.376 e. The van der Waals surface area contributed by atoms with Crippen molar-refractivity contribution in [2.45, 2.75) is 13.8 Å². The lowest BCUT2D eigenvalue weighted by atomic mass is 10.1. The zero-order valence-corrected chi connectivity index (χ0v) is 15.2. The van der Waals surface area contributed by atoms with Gasteiger partial charge in [-0.1, -0.05) is 24.3 Å². The Morgan fingerprint density at radius 2 is 1.80 bits per heavy atom. The molecule has 136 valence electrons. The van der Waals surface area contributed by atoms with Crippen LogP contribution in [0.25, 0.3) is 0 Å². The molecule has 0 unspecified atom stereocenters. The van der Waals surface area contributed by atoms with Crippen LogP contribution >= 0.6 is 0 Å². The lowest BCUT2D eigenvalue weighted by Crippen LogP contribution is -2.52. The highest BCUT2D eigenvalue weighted by molar-refractivity contribution is 5.82. The van der Waals surface area contributed by atoms with Gasteiger partial charge in [0, 0.05) is 38.4 Å². The van der Waals surface area contributed by atoms with E-state index >= 15 is 0 Å². The molecule has 0 radical (unpaired) electrons. The quantitative estimate of drug-likeness (QED) is 0.729. The molecule has 2 amide bonds. The van der Waals surface area contributed by atoms with Crippen molar-refractivity contribution >= 4 is 17.5 Å². The summed E-state index contributed by atoms with van der Waals surface area (Å²) >= 11 is 0. The monoisotopic (exact) mass is 344 g/mol. The average Bonchev–Trinajstić information content (AvgIpc) is 2.60. The van der Waals surface area contributed by atoms with Crippen LogP contribution in [0.2, 0.25) is 0 Å². The van der Waals surface area contributed by atoms with E-state index in [1.54, 1.807) is 6.08 Å². The van der Waals surface area contributed by atoms with Crippen molar-refractivity contribution in [2.75, 3.05) is 51.1 Å². The van der Waals surface area contributed by atoms with Gasteiger partial charge in [-0.25, -0.2) is 0 Å². The number of amides is 2. The molecule has 1 aliphatic heterocycles. The van der Waals surface area contributed by atoms with Crippen LogP contribution in [0.3, 0.4) is 0 Å². The van der Waals surface area contributed by atoms with Crippen LogP contribution < -0.4 is 10.6 Å². The molecule has 0 bridgehead atoms. The highest BCUT2D eigenvalue weighted by atomic mass is 16.2. The summed E-state index contributed by atoms with van der Waals surface area (Å²) in [6.07, 6.45) is 1.66. The predicted molar refractivity (Wildman–Crippen MR) is 101 cm³/mol. The van der Waals surface area contributed by atoms with E-state index in [1.165, 1.54) is 0 Å². The highest BCUT2D eigenvalue weighted by Gasteiger charge is 2.22. The van der Waals surface area contributed by atoms with Gasteiger partial charge in [0.25, 0.3) is 0 Å². The molecule has 0 atom stereocenters. The van der Waals surface area contributed by atoms with Crippen molar-refractivity contribution in [1.29, 1.82) is 0 Å². The number of piperazine rings is 1. The molecule has 25 heavy (non-hydrogen) atoms. The van der Waals surface area contributed by atoms with Gasteiger partial charge in [-0.05, 0) is 25.0 Å². The van der Waals surface area contributed by atoms with Gasteiger partial charge in [0.05, 0.1) is 13.1 Å². The molecular formula is C19H28N4O2. The number of aryl methyl sites for hydroxylation is 2. The fourth-order valence-corrected chi connectivity index (χ4v) is 2.97. The number of nitrogens with one attached hydrogen (secondary N) is 2. The summed E-state index contributed by atoms with van der Waals surface area (Å²) in [6.45, 7) is 11.6. The Hall–Kier alpha value is -2.34. The second-order valence-corrected chi connectivity index (χ2v) is 6.37. The van der Waals surface area contributed by atoms with E-state index in [1.807, 2.05) is 36.9 Å². The summed E-state index contributed by atoms with van der Waals surface area (Å²) in [5.74, 6) is 0.0924. The maximum atomic E-state index is 12.4. The maximum absolute atomic E-state index is 12.4. The van der Waals surface area contributed by atoms with Crippen LogP contribution in [-0.2, 0) is 9.59 Å². The molecule has 0 aromatic heterocycles. The normalized spacial score (nSPS) is 14.9. The van der Waals surface area contributed by atoms with E-state index in [0.29, 0.717) is 32.7 Å². The molecule has 1 heterocycles. The van der Waals surface area contributed by atoms with Gasteiger partial charge in [-0.3, -0.25) is 14.5 Å². The van der Waals surface area contributed by atoms with Crippen LogP contribution in [0.4, 0.5) is 5.69 Å². The van der Waals surface area contributed by atoms with Crippen molar-refractivity contribution in [2.24, 2.45) is 0 Å². The number of carbonyl (C=O) groups excluding carboxylic acids is 2. The largest absolute Gasteiger partial charge is 0.376 e. The van der Waals surface area contributed by atoms with Crippen molar-refractivity contribution in [3.63, 3.8) is 0 Å². The van der Waals surface area contributed by atoms with Crippen molar-refractivity contribution in [1.82, 2.24) is 15.1 Å². The molecule has 2 rings (SSSR count). The number of hydrogen-bond acceptors (Lipinski definition) is 4. The minimum absolute atomic E-state index is 0.00336. The van der Waals surface area contributed by atoms with E-state index in [0.717, 1.165) is 29.9 Å². The zero-order valence-electron chi connectivity index (χ0n) is 15.2. The van der Waals surface area contributed by atoms with Crippen LogP contribution in [0.5, 0.6) is 0 Å². The SMILES string of the molecule is C=CCNC(=O)CN1CCN(C(=O)CNc2c(C)cccc2C)CC1. The summed E-state index contributed by atoms with van der Waals surface area (Å²) in [5.41, 5.74) is 3.32. The molecule has 0 saturated carbocycles. The first kappa shape index (κ1) is 19.0. The van der Waals surface area contributed by atoms with Crippen LogP contribution in [0.15, 0.2) is 30.9 Å². The third-order valence-electron chi connectivity index (χ3n) is 4.43. The second kappa shape index (κ2) is 9.22. The lowest BCUT2D eigenvalue weighted by Gasteiger charge is -2.34. The van der Waals surface area contributed by atoms with E-state index in [2.05, 4.69) is 22.1 Å². The summed E-state index contributed by atoms with van der Waals surface area (Å²) in [6, 6.07) is 6.09. The number of para-hydroxylation sites is 1. The molecule has 0 aliphatic carbocycles. The second-order valence-electron chi connectivity index (χ2n) is 6.37. The molecule has 1 saturated heterocycles. The predicted octanol–water partition coefficient (Wildman–Crippen LogP) is 1.16. The number of carbonyl (C=O) groups is 2. The van der Waals surface area contributed by atoms with Crippen LogP contribution in [0.1, 0.15) is 11.1 Å². The maximum Gasteiger partial charge on any atom is 0.241 e. The number of benzene rings is 1. The molecule has 1 aromatic rings. The molecule has 2 N–H and O–H groups in total. The first-order valence-corrected chi connectivity index (χ1v) is 8.69. The molecule has 6 nitrogen and oxygen atoms in total. The Morgan fingerprint density at radius 3 is 2.40 bits per heavy atom. The van der Waals surface area contributed by atoms with E-state index < -0.39 is 0 Å². The van der Waals surface area contributed by atoms with Gasteiger partial charge >= 0.3 is 0 Å². The summed E-state index contributed by atoms with van der Waals surface area (Å²) in [5, 5.41) is 6.04. The lowest BCUT2D eigenvalue weighted by molar-refractivity contribution is -0.131. The van der Waals surface area contributed by atoms with Crippen LogP contribution in [0, 0.1) is 13.8 Å². The van der Waals surface area contributed by atoms with Crippen molar-refractivity contribution < 1.29 is 9.59 Å². The molecule has 6 heteroatoms. The Kier molecular flexibility index (Phi) is 7.01. The Labute approximate surface area is 149 Å². The van der Waals surface area contributed by atoms with Gasteiger partial charge in [-0.2, -0.15) is 0 Å². The molecule has 1 aromatic carbocycles. The van der Waals surface area contributed by atoms with Crippen LogP contribution in [-0.4, -0.2) is 67.4 Å². The standard InChI is InChI=1S/C19H28N4O2/c1-4-8-20-17(24)14-22-9-11-23(12-10-22)18(25)13-21-19-15(2)6-5-7-16(19)3/h4-7,21H,1,8-14H2,2-3H3,(H,20,24). The fraction of sp³-hybridized carbons (Fsp3) is 0.474. The third-order valence-corrected chi connectivity index (χ3v) is 4.43. The number of nitrogens with zero attached hydrogens (tertiary/aromatic N) is 2. The molecule has 1 fully saturated rings. The Balaban J connectivity index is 1.76. The van der Waals surface area contributed by atoms with Gasteiger partial charge in [-0.15, -0.1) is 6.58 Å². The van der Waals surface area contributed by atoms with E-state index in [-0.39, 0.29) is 11.8 Å². The van der Waals surface area contributed by atoms with Crippen molar-refractivity contribution in [3.05, 3.63) is 42.0 Å². The number of anilines is 1. The van der Waals surface area contributed by atoms with Gasteiger partial charge in [0.1, 0.15) is 0 Å². The fourth-order valence-electron chi connectivity index (χ4n) is 2.97. The minimum atomic E-state index is -0.00336. The molecule has 1 aliphatic rings. The molecule has 0 spiro atoms. The summed E-state index contributed by atoms with van der Waals surface area (Å²) < 4.78 is 0. The van der Waals surface area contributed by atoms with E-state index in [4.69, 9.17) is 0 Å². The Bertz CT molecular complexity index is 602. The molecular weight excluding hydrogens is 316 g/mol. The van der Waals surface area contributed by atoms with Gasteiger partial charge in [0.2, 0.25) is 11.8 Å². The number of hydrogen-bond donors (Lipinski definition) is 2.